The number of nitrogens with one attached hydrogen (secondary N) is 1. The van der Waals surface area contributed by atoms with E-state index in [0.29, 0.717) is 16.8 Å². The van der Waals surface area contributed by atoms with E-state index in [4.69, 9.17) is 0 Å². The van der Waals surface area contributed by atoms with Crippen LogP contribution in [0.5, 0.6) is 0 Å². The molecule has 0 saturated carbocycles. The van der Waals surface area contributed by atoms with E-state index in [1.807, 2.05) is 24.6 Å². The van der Waals surface area contributed by atoms with Crippen molar-refractivity contribution in [2.45, 2.75) is 46.1 Å². The Balaban J connectivity index is 2.22. The van der Waals surface area contributed by atoms with E-state index in [9.17, 15) is 14.7 Å². The van der Waals surface area contributed by atoms with Crippen molar-refractivity contribution in [2.75, 3.05) is 6.54 Å². The number of benzene rings is 1. The number of aliphatic carboxylic acids is 1. The molecule has 1 amide bonds. The highest BCUT2D eigenvalue weighted by molar-refractivity contribution is 5.97. The molecule has 2 N–H and O–H groups in total. The topological polar surface area (TPSA) is 84.2 Å². The molecule has 1 aromatic heterocycles. The lowest BCUT2D eigenvalue weighted by atomic mass is 9.82. The first-order chi connectivity index (χ1) is 11.8. The zero-order chi connectivity index (χ0) is 18.6. The highest BCUT2D eigenvalue weighted by Gasteiger charge is 2.36. The molecule has 2 aromatic rings. The molecule has 0 spiro atoms. The Bertz CT molecular complexity index is 768. The van der Waals surface area contributed by atoms with Crippen molar-refractivity contribution in [1.29, 1.82) is 0 Å². The molecule has 0 aliphatic rings. The predicted octanol–water partition coefficient (Wildman–Crippen LogP) is 2.68. The summed E-state index contributed by atoms with van der Waals surface area (Å²) in [5.41, 5.74) is 1.43. The fourth-order valence-electron chi connectivity index (χ4n) is 2.91. The van der Waals surface area contributed by atoms with Gasteiger partial charge >= 0.3 is 5.97 Å². The molecular weight excluding hydrogens is 318 g/mol. The Morgan fingerprint density at radius 3 is 2.44 bits per heavy atom. The molecule has 0 saturated heterocycles. The van der Waals surface area contributed by atoms with Gasteiger partial charge in [-0.1, -0.05) is 37.3 Å². The van der Waals surface area contributed by atoms with Gasteiger partial charge in [0.1, 0.15) is 5.41 Å². The summed E-state index contributed by atoms with van der Waals surface area (Å²) in [7, 11) is 0. The van der Waals surface area contributed by atoms with Crippen LogP contribution in [0.1, 0.15) is 47.6 Å². The van der Waals surface area contributed by atoms with E-state index in [2.05, 4.69) is 10.4 Å². The molecule has 1 aromatic carbocycles. The van der Waals surface area contributed by atoms with Gasteiger partial charge < -0.3 is 10.4 Å². The first-order valence-electron chi connectivity index (χ1n) is 8.42. The van der Waals surface area contributed by atoms with Crippen LogP contribution in [0.2, 0.25) is 0 Å². The van der Waals surface area contributed by atoms with Gasteiger partial charge in [-0.15, -0.1) is 0 Å². The summed E-state index contributed by atoms with van der Waals surface area (Å²) < 4.78 is 1.82. The number of amides is 1. The third-order valence-corrected chi connectivity index (χ3v) is 4.53. The van der Waals surface area contributed by atoms with Gasteiger partial charge in [0.05, 0.1) is 11.3 Å². The van der Waals surface area contributed by atoms with Gasteiger partial charge in [-0.3, -0.25) is 14.3 Å². The maximum absolute atomic E-state index is 12.6. The minimum absolute atomic E-state index is 0.00299. The van der Waals surface area contributed by atoms with Crippen LogP contribution in [0.25, 0.3) is 0 Å². The van der Waals surface area contributed by atoms with Crippen LogP contribution < -0.4 is 5.32 Å². The molecule has 1 atom stereocenters. The zero-order valence-corrected chi connectivity index (χ0v) is 15.2. The lowest BCUT2D eigenvalue weighted by molar-refractivity contribution is -0.142. The van der Waals surface area contributed by atoms with Gasteiger partial charge in [-0.25, -0.2) is 0 Å². The van der Waals surface area contributed by atoms with Gasteiger partial charge in [0.25, 0.3) is 5.91 Å². The number of carboxylic acid groups (broad SMARTS) is 1. The molecule has 6 nitrogen and oxygen atoms in total. The summed E-state index contributed by atoms with van der Waals surface area (Å²) in [6.45, 7) is 8.07. The number of aryl methyl sites for hydroxylation is 2. The van der Waals surface area contributed by atoms with Crippen molar-refractivity contribution in [3.63, 3.8) is 0 Å². The molecule has 134 valence electrons. The highest BCUT2D eigenvalue weighted by Crippen LogP contribution is 2.24. The molecule has 0 radical (unpaired) electrons. The Morgan fingerprint density at radius 1 is 1.24 bits per heavy atom. The maximum Gasteiger partial charge on any atom is 0.315 e. The summed E-state index contributed by atoms with van der Waals surface area (Å²) in [6, 6.07) is 8.94. The van der Waals surface area contributed by atoms with Crippen molar-refractivity contribution in [1.82, 2.24) is 15.1 Å². The number of hydrogen-bond acceptors (Lipinski definition) is 3. The quantitative estimate of drug-likeness (QED) is 0.809. The summed E-state index contributed by atoms with van der Waals surface area (Å²) in [5.74, 6) is -1.27. The van der Waals surface area contributed by atoms with Gasteiger partial charge in [-0.05, 0) is 32.8 Å². The normalized spacial score (nSPS) is 13.3. The molecule has 0 aliphatic heterocycles. The number of carboxylic acids is 1. The minimum atomic E-state index is -1.20. The van der Waals surface area contributed by atoms with E-state index in [0.717, 1.165) is 18.7 Å². The third-order valence-electron chi connectivity index (χ3n) is 4.53. The number of aromatic nitrogens is 2. The Morgan fingerprint density at radius 2 is 1.88 bits per heavy atom. The molecule has 0 fully saturated rings. The molecule has 0 aliphatic carbocycles. The lowest BCUT2D eigenvalue weighted by Gasteiger charge is -2.25. The fraction of sp³-hybridized carbons (Fsp3) is 0.421. The number of hydrogen-bond donors (Lipinski definition) is 2. The van der Waals surface area contributed by atoms with Crippen LogP contribution in [-0.4, -0.2) is 33.3 Å². The Kier molecular flexibility index (Phi) is 5.62. The number of carbonyl (C=O) groups is 2. The number of rotatable bonds is 7. The largest absolute Gasteiger partial charge is 0.481 e. The van der Waals surface area contributed by atoms with Gasteiger partial charge in [0, 0.05) is 18.8 Å². The van der Waals surface area contributed by atoms with Crippen LogP contribution in [0.4, 0.5) is 0 Å². The Hall–Kier alpha value is -2.63. The smallest absolute Gasteiger partial charge is 0.315 e. The second kappa shape index (κ2) is 7.51. The molecule has 6 heteroatoms. The van der Waals surface area contributed by atoms with Crippen molar-refractivity contribution in [3.8, 4) is 0 Å². The first kappa shape index (κ1) is 18.7. The van der Waals surface area contributed by atoms with Crippen molar-refractivity contribution in [2.24, 2.45) is 0 Å². The van der Waals surface area contributed by atoms with Crippen LogP contribution >= 0.6 is 0 Å². The van der Waals surface area contributed by atoms with Crippen LogP contribution in [0, 0.1) is 13.8 Å². The SMILES string of the molecule is CCCn1nc(C)c(C(=O)NCC(C)(C(=O)O)c2ccccc2)c1C. The van der Waals surface area contributed by atoms with Gasteiger partial charge in [-0.2, -0.15) is 5.10 Å². The monoisotopic (exact) mass is 343 g/mol. The second-order valence-electron chi connectivity index (χ2n) is 6.45. The average molecular weight is 343 g/mol. The van der Waals surface area contributed by atoms with Crippen molar-refractivity contribution >= 4 is 11.9 Å². The van der Waals surface area contributed by atoms with Crippen LogP contribution in [-0.2, 0) is 16.8 Å². The van der Waals surface area contributed by atoms with Crippen molar-refractivity contribution < 1.29 is 14.7 Å². The van der Waals surface area contributed by atoms with Gasteiger partial charge in [0.15, 0.2) is 0 Å². The van der Waals surface area contributed by atoms with E-state index >= 15 is 0 Å². The van der Waals surface area contributed by atoms with E-state index in [1.54, 1.807) is 38.1 Å². The predicted molar refractivity (Wildman–Crippen MR) is 95.8 cm³/mol. The third kappa shape index (κ3) is 3.73. The molecule has 0 bridgehead atoms. The number of carbonyl (C=O) groups excluding carboxylic acids is 1. The fourth-order valence-corrected chi connectivity index (χ4v) is 2.91. The molecular formula is C19H25N3O3. The Labute approximate surface area is 147 Å². The summed E-state index contributed by atoms with van der Waals surface area (Å²) >= 11 is 0. The highest BCUT2D eigenvalue weighted by atomic mass is 16.4. The van der Waals surface area contributed by atoms with Gasteiger partial charge in [0.2, 0.25) is 0 Å². The van der Waals surface area contributed by atoms with E-state index in [-0.39, 0.29) is 12.5 Å². The van der Waals surface area contributed by atoms with Crippen molar-refractivity contribution in [3.05, 3.63) is 52.8 Å². The molecule has 25 heavy (non-hydrogen) atoms. The standard InChI is InChI=1S/C19H25N3O3/c1-5-11-22-14(3)16(13(2)21-22)17(23)20-12-19(4,18(24)25)15-9-7-6-8-10-15/h6-10H,5,11-12H2,1-4H3,(H,20,23)(H,24,25). The first-order valence-corrected chi connectivity index (χ1v) is 8.42. The average Bonchev–Trinajstić information content (AvgIpc) is 2.87. The molecule has 1 unspecified atom stereocenters. The summed E-state index contributed by atoms with van der Waals surface area (Å²) in [5, 5.41) is 16.9. The molecule has 2 rings (SSSR count). The second-order valence-corrected chi connectivity index (χ2v) is 6.45. The van der Waals surface area contributed by atoms with Crippen LogP contribution in [0.3, 0.4) is 0 Å². The summed E-state index contributed by atoms with van der Waals surface area (Å²) in [6.07, 6.45) is 0.925. The van der Waals surface area contributed by atoms with E-state index < -0.39 is 11.4 Å². The zero-order valence-electron chi connectivity index (χ0n) is 15.2. The summed E-state index contributed by atoms with van der Waals surface area (Å²) in [4.78, 5) is 24.5. The minimum Gasteiger partial charge on any atom is -0.481 e. The van der Waals surface area contributed by atoms with Crippen LogP contribution in [0.15, 0.2) is 30.3 Å². The molecule has 1 heterocycles. The number of nitrogens with zero attached hydrogens (tertiary/aromatic N) is 2. The lowest BCUT2D eigenvalue weighted by Crippen LogP contribution is -2.44. The van der Waals surface area contributed by atoms with E-state index in [1.165, 1.54) is 0 Å². The maximum atomic E-state index is 12.6.